The van der Waals surface area contributed by atoms with Gasteiger partial charge in [-0.2, -0.15) is 0 Å². The molecule has 2 aromatic carbocycles. The summed E-state index contributed by atoms with van der Waals surface area (Å²) < 4.78 is 5.21. The van der Waals surface area contributed by atoms with Gasteiger partial charge in [-0.15, -0.1) is 0 Å². The number of amides is 1. The summed E-state index contributed by atoms with van der Waals surface area (Å²) >= 11 is 0. The van der Waals surface area contributed by atoms with Crippen molar-refractivity contribution in [3.63, 3.8) is 0 Å². The summed E-state index contributed by atoms with van der Waals surface area (Å²) in [7, 11) is 0. The number of carbonyl (C=O) groups excluding carboxylic acids is 1. The average molecular weight is 386 g/mol. The zero-order valence-electron chi connectivity index (χ0n) is 17.1. The smallest absolute Gasteiger partial charge is 0.341 e. The molecule has 0 aliphatic heterocycles. The van der Waals surface area contributed by atoms with Gasteiger partial charge in [0.2, 0.25) is 5.91 Å². The van der Waals surface area contributed by atoms with Gasteiger partial charge in [-0.1, -0.05) is 63.2 Å². The van der Waals surface area contributed by atoms with Crippen molar-refractivity contribution < 1.29 is 19.4 Å². The Hall–Kier alpha value is -2.82. The molecule has 0 saturated heterocycles. The van der Waals surface area contributed by atoms with E-state index in [-0.39, 0.29) is 12.5 Å². The number of benzene rings is 2. The van der Waals surface area contributed by atoms with Gasteiger partial charge in [0.05, 0.1) is 0 Å². The maximum Gasteiger partial charge on any atom is 0.341 e. The zero-order valence-corrected chi connectivity index (χ0v) is 17.1. The maximum absolute atomic E-state index is 12.3. The molecule has 0 heterocycles. The lowest BCUT2D eigenvalue weighted by Crippen LogP contribution is -2.31. The Balaban J connectivity index is 0.00000190. The van der Waals surface area contributed by atoms with Crippen molar-refractivity contribution in [3.8, 4) is 5.75 Å². The van der Waals surface area contributed by atoms with Crippen LogP contribution in [0.1, 0.15) is 44.7 Å². The van der Waals surface area contributed by atoms with E-state index in [9.17, 15) is 9.59 Å². The molecule has 5 nitrogen and oxygen atoms in total. The number of rotatable bonds is 10. The van der Waals surface area contributed by atoms with Crippen LogP contribution in [0.25, 0.3) is 0 Å². The second-order valence-electron chi connectivity index (χ2n) is 6.09. The van der Waals surface area contributed by atoms with Crippen LogP contribution in [0.2, 0.25) is 0 Å². The van der Waals surface area contributed by atoms with Gasteiger partial charge in [0, 0.05) is 19.5 Å². The van der Waals surface area contributed by atoms with Crippen LogP contribution in [-0.2, 0) is 22.6 Å². The van der Waals surface area contributed by atoms with Gasteiger partial charge in [0.25, 0.3) is 0 Å². The third kappa shape index (κ3) is 8.71. The summed E-state index contributed by atoms with van der Waals surface area (Å²) in [5.41, 5.74) is 2.19. The predicted molar refractivity (Wildman–Crippen MR) is 111 cm³/mol. The molecule has 5 heteroatoms. The average Bonchev–Trinajstić information content (AvgIpc) is 2.73. The summed E-state index contributed by atoms with van der Waals surface area (Å²) in [5, 5.41) is 8.71. The highest BCUT2D eigenvalue weighted by molar-refractivity contribution is 5.75. The Morgan fingerprint density at radius 1 is 1.00 bits per heavy atom. The van der Waals surface area contributed by atoms with E-state index in [4.69, 9.17) is 9.84 Å². The minimum absolute atomic E-state index is 0.106. The predicted octanol–water partition coefficient (Wildman–Crippen LogP) is 4.55. The maximum atomic E-state index is 12.3. The molecule has 1 amide bonds. The quantitative estimate of drug-likeness (QED) is 0.652. The lowest BCUT2D eigenvalue weighted by molar-refractivity contribution is -0.139. The van der Waals surface area contributed by atoms with E-state index < -0.39 is 5.97 Å². The molecule has 0 atom stereocenters. The molecule has 1 N–H and O–H groups in total. The summed E-state index contributed by atoms with van der Waals surface area (Å²) in [6.45, 7) is 6.66. The number of aliphatic carboxylic acids is 1. The third-order valence-corrected chi connectivity index (χ3v) is 4.03. The van der Waals surface area contributed by atoms with E-state index >= 15 is 0 Å². The molecular weight excluding hydrogens is 354 g/mol. The molecule has 0 radical (unpaired) electrons. The Morgan fingerprint density at radius 3 is 2.32 bits per heavy atom. The number of ether oxygens (including phenoxy) is 1. The van der Waals surface area contributed by atoms with Gasteiger partial charge in [-0.3, -0.25) is 4.79 Å². The van der Waals surface area contributed by atoms with Gasteiger partial charge in [0.1, 0.15) is 5.75 Å². The molecule has 0 unspecified atom stereocenters. The van der Waals surface area contributed by atoms with Crippen LogP contribution >= 0.6 is 0 Å². The number of hydrogen-bond donors (Lipinski definition) is 1. The third-order valence-electron chi connectivity index (χ3n) is 4.03. The molecule has 2 rings (SSSR count). The molecule has 0 saturated carbocycles. The molecule has 0 spiro atoms. The van der Waals surface area contributed by atoms with Gasteiger partial charge >= 0.3 is 5.97 Å². The first-order valence-electron chi connectivity index (χ1n) is 9.83. The van der Waals surface area contributed by atoms with Crippen molar-refractivity contribution in [1.82, 2.24) is 4.90 Å². The number of carboxylic acids is 1. The van der Waals surface area contributed by atoms with Crippen molar-refractivity contribution >= 4 is 11.9 Å². The normalized spacial score (nSPS) is 9.82. The van der Waals surface area contributed by atoms with Crippen LogP contribution in [0.5, 0.6) is 5.75 Å². The van der Waals surface area contributed by atoms with E-state index in [1.54, 1.807) is 12.1 Å². The standard InChI is InChI=1S/C21H25NO4.C2H6/c1-2-20(23)22(13-7-11-17-8-4-3-5-9-17)15-18-10-6-12-19(14-18)26-16-21(24)25;1-2/h3-6,8-10,12,14H,2,7,11,13,15-16H2,1H3,(H,24,25);1-2H3. The van der Waals surface area contributed by atoms with Crippen molar-refractivity contribution in [3.05, 3.63) is 65.7 Å². The highest BCUT2D eigenvalue weighted by Crippen LogP contribution is 2.16. The van der Waals surface area contributed by atoms with E-state index in [1.807, 2.05) is 56.0 Å². The van der Waals surface area contributed by atoms with Gasteiger partial charge in [0.15, 0.2) is 6.61 Å². The van der Waals surface area contributed by atoms with Crippen LogP contribution in [-0.4, -0.2) is 35.0 Å². The van der Waals surface area contributed by atoms with E-state index in [0.717, 1.165) is 18.4 Å². The van der Waals surface area contributed by atoms with Crippen molar-refractivity contribution in [2.24, 2.45) is 0 Å². The molecule has 0 fully saturated rings. The molecule has 28 heavy (non-hydrogen) atoms. The first kappa shape index (κ1) is 23.2. The monoisotopic (exact) mass is 385 g/mol. The number of nitrogens with zero attached hydrogens (tertiary/aromatic N) is 1. The molecule has 152 valence electrons. The Labute approximate surface area is 167 Å². The largest absolute Gasteiger partial charge is 0.482 e. The lowest BCUT2D eigenvalue weighted by Gasteiger charge is -2.22. The summed E-state index contributed by atoms with van der Waals surface area (Å²) in [5.74, 6) is -0.410. The van der Waals surface area contributed by atoms with Crippen LogP contribution < -0.4 is 4.74 Å². The number of hydrogen-bond acceptors (Lipinski definition) is 3. The van der Waals surface area contributed by atoms with Crippen LogP contribution in [0.4, 0.5) is 0 Å². The molecule has 0 bridgehead atoms. The Kier molecular flexibility index (Phi) is 11.1. The minimum Gasteiger partial charge on any atom is -0.482 e. The molecule has 2 aromatic rings. The van der Waals surface area contributed by atoms with E-state index in [2.05, 4.69) is 12.1 Å². The first-order chi connectivity index (χ1) is 13.6. The topological polar surface area (TPSA) is 66.8 Å². The van der Waals surface area contributed by atoms with Crippen LogP contribution in [0, 0.1) is 0 Å². The van der Waals surface area contributed by atoms with Crippen LogP contribution in [0.15, 0.2) is 54.6 Å². The Morgan fingerprint density at radius 2 is 1.68 bits per heavy atom. The Bertz CT molecular complexity index is 716. The molecule has 0 aliphatic carbocycles. The molecular formula is C23H31NO4. The van der Waals surface area contributed by atoms with Gasteiger partial charge < -0.3 is 14.7 Å². The van der Waals surface area contributed by atoms with Crippen molar-refractivity contribution in [2.75, 3.05) is 13.2 Å². The number of carboxylic acid groups (broad SMARTS) is 1. The van der Waals surface area contributed by atoms with Crippen molar-refractivity contribution in [2.45, 2.75) is 46.6 Å². The summed E-state index contributed by atoms with van der Waals surface area (Å²) in [6.07, 6.45) is 2.28. The van der Waals surface area contributed by atoms with Gasteiger partial charge in [-0.05, 0) is 36.1 Å². The molecule has 0 aliphatic rings. The van der Waals surface area contributed by atoms with Gasteiger partial charge in [-0.25, -0.2) is 4.79 Å². The van der Waals surface area contributed by atoms with E-state index in [0.29, 0.717) is 25.3 Å². The highest BCUT2D eigenvalue weighted by Gasteiger charge is 2.12. The SMILES string of the molecule is CC.CCC(=O)N(CCCc1ccccc1)Cc1cccc(OCC(=O)O)c1. The number of carbonyl (C=O) groups is 2. The summed E-state index contributed by atoms with van der Waals surface area (Å²) in [4.78, 5) is 24.7. The zero-order chi connectivity index (χ0) is 20.8. The minimum atomic E-state index is -1.01. The fourth-order valence-electron chi connectivity index (χ4n) is 2.73. The number of aryl methyl sites for hydroxylation is 1. The molecule has 0 aromatic heterocycles. The first-order valence-corrected chi connectivity index (χ1v) is 9.83. The fourth-order valence-corrected chi connectivity index (χ4v) is 2.73. The second-order valence-corrected chi connectivity index (χ2v) is 6.09. The lowest BCUT2D eigenvalue weighted by atomic mass is 10.1. The summed E-state index contributed by atoms with van der Waals surface area (Å²) in [6, 6.07) is 17.5. The van der Waals surface area contributed by atoms with Crippen LogP contribution in [0.3, 0.4) is 0 Å². The highest BCUT2D eigenvalue weighted by atomic mass is 16.5. The fraction of sp³-hybridized carbons (Fsp3) is 0.391. The second kappa shape index (κ2) is 13.4. The van der Waals surface area contributed by atoms with Crippen molar-refractivity contribution in [1.29, 1.82) is 0 Å². The van der Waals surface area contributed by atoms with E-state index in [1.165, 1.54) is 5.56 Å².